The van der Waals surface area contributed by atoms with Crippen LogP contribution in [0.2, 0.25) is 0 Å². The minimum atomic E-state index is -0.483. The molecule has 5 nitrogen and oxygen atoms in total. The quantitative estimate of drug-likeness (QED) is 0.353. The van der Waals surface area contributed by atoms with E-state index in [4.69, 9.17) is 14.2 Å². The van der Waals surface area contributed by atoms with Crippen molar-refractivity contribution in [2.45, 2.75) is 0 Å². The van der Waals surface area contributed by atoms with Crippen LogP contribution in [0.1, 0.15) is 11.1 Å². The Morgan fingerprint density at radius 2 is 1.96 bits per heavy atom. The van der Waals surface area contributed by atoms with Gasteiger partial charge in [0.05, 0.1) is 18.8 Å². The van der Waals surface area contributed by atoms with Gasteiger partial charge in [-0.05, 0) is 35.9 Å². The average Bonchev–Trinajstić information content (AvgIpc) is 2.60. The smallest absolute Gasteiger partial charge is 0.337 e. The number of esters is 1. The molecule has 2 aromatic rings. The van der Waals surface area contributed by atoms with Gasteiger partial charge in [-0.3, -0.25) is 0 Å². The normalized spacial score (nSPS) is 10.8. The van der Waals surface area contributed by atoms with Gasteiger partial charge in [-0.25, -0.2) is 4.79 Å². The van der Waals surface area contributed by atoms with Crippen LogP contribution in [0.25, 0.3) is 11.6 Å². The van der Waals surface area contributed by atoms with Gasteiger partial charge in [0.2, 0.25) is 0 Å². The van der Waals surface area contributed by atoms with Crippen molar-refractivity contribution < 1.29 is 19.0 Å². The van der Waals surface area contributed by atoms with E-state index in [0.717, 1.165) is 5.56 Å². The molecule has 0 aliphatic heterocycles. The van der Waals surface area contributed by atoms with Gasteiger partial charge in [-0.15, -0.1) is 0 Å². The standard InChI is InChI=1S/C19H17NO4/c1-22-13-19(21)24-16-7-5-6-14(11-16)10-15(12-20)17-8-3-4-9-18(17)23-2/h3-11H,13H2,1-2H3/b15-10-. The molecule has 0 aromatic heterocycles. The maximum Gasteiger partial charge on any atom is 0.337 e. The maximum atomic E-state index is 11.5. The van der Waals surface area contributed by atoms with Crippen LogP contribution in [-0.2, 0) is 9.53 Å². The Labute approximate surface area is 140 Å². The molecular formula is C19H17NO4. The second kappa shape index (κ2) is 8.51. The summed E-state index contributed by atoms with van der Waals surface area (Å²) >= 11 is 0. The molecule has 0 atom stereocenters. The summed E-state index contributed by atoms with van der Waals surface area (Å²) in [6.07, 6.45) is 1.71. The fourth-order valence-corrected chi connectivity index (χ4v) is 2.15. The first-order chi connectivity index (χ1) is 11.7. The van der Waals surface area contributed by atoms with Crippen LogP contribution in [0.5, 0.6) is 11.5 Å². The molecule has 0 N–H and O–H groups in total. The van der Waals surface area contributed by atoms with E-state index in [0.29, 0.717) is 22.6 Å². The third kappa shape index (κ3) is 4.45. The van der Waals surface area contributed by atoms with Crippen LogP contribution in [-0.4, -0.2) is 26.8 Å². The van der Waals surface area contributed by atoms with E-state index in [1.54, 1.807) is 37.5 Å². The highest BCUT2D eigenvalue weighted by Crippen LogP contribution is 2.27. The monoisotopic (exact) mass is 323 g/mol. The zero-order valence-corrected chi connectivity index (χ0v) is 13.5. The number of carbonyl (C=O) groups excluding carboxylic acids is 1. The zero-order chi connectivity index (χ0) is 17.4. The van der Waals surface area contributed by atoms with Crippen molar-refractivity contribution in [3.63, 3.8) is 0 Å². The molecule has 0 aliphatic carbocycles. The molecule has 0 bridgehead atoms. The van der Waals surface area contributed by atoms with E-state index in [1.807, 2.05) is 24.3 Å². The Balaban J connectivity index is 2.32. The van der Waals surface area contributed by atoms with Crippen molar-refractivity contribution >= 4 is 17.6 Å². The van der Waals surface area contributed by atoms with Crippen LogP contribution < -0.4 is 9.47 Å². The fourth-order valence-electron chi connectivity index (χ4n) is 2.15. The van der Waals surface area contributed by atoms with E-state index in [9.17, 15) is 10.1 Å². The molecule has 24 heavy (non-hydrogen) atoms. The Morgan fingerprint density at radius 1 is 1.17 bits per heavy atom. The van der Waals surface area contributed by atoms with Crippen LogP contribution in [0, 0.1) is 11.3 Å². The topological polar surface area (TPSA) is 68.5 Å². The molecule has 0 saturated carbocycles. The molecule has 2 aromatic carbocycles. The fraction of sp³-hybridized carbons (Fsp3) is 0.158. The van der Waals surface area contributed by atoms with Gasteiger partial charge in [-0.1, -0.05) is 24.3 Å². The number of nitriles is 1. The van der Waals surface area contributed by atoms with E-state index >= 15 is 0 Å². The molecule has 0 aliphatic rings. The molecule has 0 radical (unpaired) electrons. The molecule has 0 unspecified atom stereocenters. The predicted octanol–water partition coefficient (Wildman–Crippen LogP) is 3.31. The highest BCUT2D eigenvalue weighted by atomic mass is 16.6. The zero-order valence-electron chi connectivity index (χ0n) is 13.5. The molecule has 0 saturated heterocycles. The summed E-state index contributed by atoms with van der Waals surface area (Å²) in [6.45, 7) is -0.120. The average molecular weight is 323 g/mol. The number of ether oxygens (including phenoxy) is 3. The lowest BCUT2D eigenvalue weighted by molar-refractivity contribution is -0.138. The van der Waals surface area contributed by atoms with Gasteiger partial charge in [0.1, 0.15) is 18.1 Å². The number of nitrogens with zero attached hydrogens (tertiary/aromatic N) is 1. The van der Waals surface area contributed by atoms with E-state index in [1.165, 1.54) is 7.11 Å². The Hall–Kier alpha value is -3.10. The van der Waals surface area contributed by atoms with Gasteiger partial charge < -0.3 is 14.2 Å². The lowest BCUT2D eigenvalue weighted by atomic mass is 10.0. The SMILES string of the molecule is COCC(=O)Oc1cccc(/C=C(/C#N)c2ccccc2OC)c1. The second-order valence-electron chi connectivity index (χ2n) is 4.85. The third-order valence-corrected chi connectivity index (χ3v) is 3.18. The number of para-hydroxylation sites is 1. The van der Waals surface area contributed by atoms with Crippen LogP contribution in [0.15, 0.2) is 48.5 Å². The van der Waals surface area contributed by atoms with Gasteiger partial charge in [0.15, 0.2) is 0 Å². The number of hydrogen-bond acceptors (Lipinski definition) is 5. The summed E-state index contributed by atoms with van der Waals surface area (Å²) in [7, 11) is 2.98. The third-order valence-electron chi connectivity index (χ3n) is 3.18. The van der Waals surface area contributed by atoms with Crippen molar-refractivity contribution in [3.8, 4) is 17.6 Å². The highest BCUT2D eigenvalue weighted by Gasteiger charge is 2.08. The Bertz CT molecular complexity index is 790. The molecular weight excluding hydrogens is 306 g/mol. The van der Waals surface area contributed by atoms with E-state index in [2.05, 4.69) is 6.07 Å². The number of benzene rings is 2. The van der Waals surface area contributed by atoms with Crippen molar-refractivity contribution in [2.75, 3.05) is 20.8 Å². The molecule has 0 heterocycles. The minimum absolute atomic E-state index is 0.120. The number of methoxy groups -OCH3 is 2. The maximum absolute atomic E-state index is 11.5. The highest BCUT2D eigenvalue weighted by molar-refractivity contribution is 5.91. The number of hydrogen-bond donors (Lipinski definition) is 0. The molecule has 5 heteroatoms. The first-order valence-electron chi connectivity index (χ1n) is 7.22. The number of carbonyl (C=O) groups is 1. The first kappa shape index (κ1) is 17.3. The van der Waals surface area contributed by atoms with Crippen molar-refractivity contribution in [2.24, 2.45) is 0 Å². The summed E-state index contributed by atoms with van der Waals surface area (Å²) in [5.74, 6) is 0.528. The number of allylic oxidation sites excluding steroid dienone is 1. The van der Waals surface area contributed by atoms with Crippen LogP contribution in [0.4, 0.5) is 0 Å². The van der Waals surface area contributed by atoms with Gasteiger partial charge >= 0.3 is 5.97 Å². The van der Waals surface area contributed by atoms with Gasteiger partial charge in [-0.2, -0.15) is 5.26 Å². The summed E-state index contributed by atoms with van der Waals surface area (Å²) in [5.41, 5.74) is 1.89. The predicted molar refractivity (Wildman–Crippen MR) is 90.4 cm³/mol. The van der Waals surface area contributed by atoms with Crippen molar-refractivity contribution in [1.82, 2.24) is 0 Å². The minimum Gasteiger partial charge on any atom is -0.496 e. The Kier molecular flexibility index (Phi) is 6.12. The Morgan fingerprint density at radius 3 is 2.67 bits per heavy atom. The molecule has 122 valence electrons. The second-order valence-corrected chi connectivity index (χ2v) is 4.85. The molecule has 2 rings (SSSR count). The molecule has 0 fully saturated rings. The van der Waals surface area contributed by atoms with Gasteiger partial charge in [0.25, 0.3) is 0 Å². The summed E-state index contributed by atoms with van der Waals surface area (Å²) in [6, 6.07) is 16.4. The van der Waals surface area contributed by atoms with E-state index in [-0.39, 0.29) is 6.61 Å². The first-order valence-corrected chi connectivity index (χ1v) is 7.22. The summed E-state index contributed by atoms with van der Waals surface area (Å²) in [5, 5.41) is 9.47. The van der Waals surface area contributed by atoms with Gasteiger partial charge in [0, 0.05) is 12.7 Å². The van der Waals surface area contributed by atoms with Crippen LogP contribution >= 0.6 is 0 Å². The lowest BCUT2D eigenvalue weighted by Gasteiger charge is -2.07. The molecule has 0 amide bonds. The lowest BCUT2D eigenvalue weighted by Crippen LogP contribution is -2.14. The van der Waals surface area contributed by atoms with Crippen molar-refractivity contribution in [1.29, 1.82) is 5.26 Å². The summed E-state index contributed by atoms with van der Waals surface area (Å²) < 4.78 is 15.2. The van der Waals surface area contributed by atoms with Crippen molar-refractivity contribution in [3.05, 3.63) is 59.7 Å². The largest absolute Gasteiger partial charge is 0.496 e. The summed E-state index contributed by atoms with van der Waals surface area (Å²) in [4.78, 5) is 11.5. The number of rotatable bonds is 6. The van der Waals surface area contributed by atoms with E-state index < -0.39 is 5.97 Å². The van der Waals surface area contributed by atoms with Crippen LogP contribution in [0.3, 0.4) is 0 Å². The molecule has 0 spiro atoms.